The van der Waals surface area contributed by atoms with E-state index in [1.165, 1.54) is 11.1 Å². The number of anilines is 1. The molecule has 1 aliphatic carbocycles. The Hall–Kier alpha value is -2.95. The van der Waals surface area contributed by atoms with Gasteiger partial charge in [0, 0.05) is 23.2 Å². The smallest absolute Gasteiger partial charge is 0.251 e. The van der Waals surface area contributed by atoms with Gasteiger partial charge in [0.05, 0.1) is 20.3 Å². The van der Waals surface area contributed by atoms with Gasteiger partial charge in [0.25, 0.3) is 5.91 Å². The van der Waals surface area contributed by atoms with Crippen molar-refractivity contribution in [3.63, 3.8) is 0 Å². The van der Waals surface area contributed by atoms with Crippen LogP contribution < -0.4 is 20.1 Å². The zero-order chi connectivity index (χ0) is 21.3. The number of allylic oxidation sites excluding steroid dienone is 2. The van der Waals surface area contributed by atoms with Crippen LogP contribution in [0.1, 0.15) is 60.1 Å². The predicted molar refractivity (Wildman–Crippen MR) is 120 cm³/mol. The normalized spacial score (nSPS) is 22.5. The van der Waals surface area contributed by atoms with Gasteiger partial charge in [-0.3, -0.25) is 4.79 Å². The van der Waals surface area contributed by atoms with Gasteiger partial charge in [-0.25, -0.2) is 0 Å². The molecule has 2 aromatic rings. The van der Waals surface area contributed by atoms with Gasteiger partial charge in [0.15, 0.2) is 11.5 Å². The lowest BCUT2D eigenvalue weighted by Crippen LogP contribution is -2.33. The van der Waals surface area contributed by atoms with Crippen molar-refractivity contribution in [3.05, 3.63) is 65.2 Å². The van der Waals surface area contributed by atoms with Crippen molar-refractivity contribution in [2.24, 2.45) is 5.92 Å². The number of carbonyl (C=O) groups excluding carboxylic acids is 1. The van der Waals surface area contributed by atoms with Crippen LogP contribution in [0.3, 0.4) is 0 Å². The van der Waals surface area contributed by atoms with E-state index in [-0.39, 0.29) is 23.9 Å². The van der Waals surface area contributed by atoms with E-state index in [9.17, 15) is 4.79 Å². The standard InChI is InChI=1S/C25H30N2O3/c1-5-15(2)26-25(28)17-9-11-21-20(13-17)18-7-6-8-19(18)24(27-21)16-10-12-22(29-3)23(14-16)30-4/h6-7,9-15,18-19,24,27H,5,8H2,1-4H3,(H,26,28). The Kier molecular flexibility index (Phi) is 5.71. The Bertz CT molecular complexity index is 969. The summed E-state index contributed by atoms with van der Waals surface area (Å²) < 4.78 is 10.9. The second kappa shape index (κ2) is 8.42. The molecule has 0 spiro atoms. The van der Waals surface area contributed by atoms with Crippen LogP contribution >= 0.6 is 0 Å². The molecule has 0 fully saturated rings. The fourth-order valence-electron chi connectivity index (χ4n) is 4.52. The van der Waals surface area contributed by atoms with E-state index in [4.69, 9.17) is 9.47 Å². The van der Waals surface area contributed by atoms with Gasteiger partial charge in [0.1, 0.15) is 0 Å². The zero-order valence-electron chi connectivity index (χ0n) is 18.1. The molecular formula is C25H30N2O3. The van der Waals surface area contributed by atoms with E-state index >= 15 is 0 Å². The highest BCUT2D eigenvalue weighted by molar-refractivity contribution is 5.95. The average molecular weight is 407 g/mol. The maximum atomic E-state index is 12.6. The van der Waals surface area contributed by atoms with Crippen molar-refractivity contribution >= 4 is 11.6 Å². The zero-order valence-corrected chi connectivity index (χ0v) is 18.1. The molecule has 4 unspecified atom stereocenters. The number of amides is 1. The SMILES string of the molecule is CCC(C)NC(=O)c1ccc2c(c1)C1C=CCC1C(c1ccc(OC)c(OC)c1)N2. The molecule has 0 aromatic heterocycles. The molecule has 1 heterocycles. The van der Waals surface area contributed by atoms with Gasteiger partial charge in [-0.1, -0.05) is 25.1 Å². The Labute approximate surface area is 178 Å². The molecule has 1 aliphatic heterocycles. The molecule has 0 radical (unpaired) electrons. The van der Waals surface area contributed by atoms with Crippen molar-refractivity contribution < 1.29 is 14.3 Å². The van der Waals surface area contributed by atoms with E-state index in [0.717, 1.165) is 35.6 Å². The van der Waals surface area contributed by atoms with Crippen molar-refractivity contribution in [1.82, 2.24) is 5.32 Å². The van der Waals surface area contributed by atoms with Crippen LogP contribution in [0.4, 0.5) is 5.69 Å². The molecule has 0 saturated carbocycles. The van der Waals surface area contributed by atoms with E-state index in [0.29, 0.717) is 5.92 Å². The molecular weight excluding hydrogens is 376 g/mol. The van der Waals surface area contributed by atoms with Crippen molar-refractivity contribution in [2.45, 2.75) is 44.7 Å². The third-order valence-electron chi connectivity index (χ3n) is 6.38. The summed E-state index contributed by atoms with van der Waals surface area (Å²) in [6, 6.07) is 12.5. The summed E-state index contributed by atoms with van der Waals surface area (Å²) in [7, 11) is 3.32. The summed E-state index contributed by atoms with van der Waals surface area (Å²) in [4.78, 5) is 12.6. The van der Waals surface area contributed by atoms with E-state index < -0.39 is 0 Å². The number of rotatable bonds is 6. The highest BCUT2D eigenvalue weighted by Crippen LogP contribution is 2.50. The van der Waals surface area contributed by atoms with Crippen LogP contribution in [0.2, 0.25) is 0 Å². The number of fused-ring (bicyclic) bond motifs is 3. The minimum Gasteiger partial charge on any atom is -0.493 e. The van der Waals surface area contributed by atoms with Crippen molar-refractivity contribution in [2.75, 3.05) is 19.5 Å². The Balaban J connectivity index is 1.66. The van der Waals surface area contributed by atoms with Crippen molar-refractivity contribution in [3.8, 4) is 11.5 Å². The fraction of sp³-hybridized carbons (Fsp3) is 0.400. The number of hydrogen-bond acceptors (Lipinski definition) is 4. The molecule has 0 saturated heterocycles. The number of hydrogen-bond donors (Lipinski definition) is 2. The molecule has 2 N–H and O–H groups in total. The third-order valence-corrected chi connectivity index (χ3v) is 6.38. The highest BCUT2D eigenvalue weighted by atomic mass is 16.5. The van der Waals surface area contributed by atoms with Gasteiger partial charge in [-0.15, -0.1) is 0 Å². The summed E-state index contributed by atoms with van der Waals surface area (Å²) in [5, 5.41) is 6.79. The van der Waals surface area contributed by atoms with Crippen LogP contribution in [-0.4, -0.2) is 26.2 Å². The Morgan fingerprint density at radius 1 is 1.17 bits per heavy atom. The van der Waals surface area contributed by atoms with E-state index in [1.807, 2.05) is 25.1 Å². The van der Waals surface area contributed by atoms with Gasteiger partial charge in [0.2, 0.25) is 0 Å². The number of nitrogens with one attached hydrogen (secondary N) is 2. The first-order valence-corrected chi connectivity index (χ1v) is 10.7. The van der Waals surface area contributed by atoms with Crippen LogP contribution in [0.15, 0.2) is 48.6 Å². The van der Waals surface area contributed by atoms with Gasteiger partial charge >= 0.3 is 0 Å². The largest absolute Gasteiger partial charge is 0.493 e. The van der Waals surface area contributed by atoms with Crippen LogP contribution in [-0.2, 0) is 0 Å². The summed E-state index contributed by atoms with van der Waals surface area (Å²) in [6.07, 6.45) is 6.46. The summed E-state index contributed by atoms with van der Waals surface area (Å²) >= 11 is 0. The molecule has 4 rings (SSSR count). The topological polar surface area (TPSA) is 59.6 Å². The quantitative estimate of drug-likeness (QED) is 0.659. The third kappa shape index (κ3) is 3.64. The maximum Gasteiger partial charge on any atom is 0.251 e. The van der Waals surface area contributed by atoms with E-state index in [2.05, 4.69) is 47.9 Å². The highest BCUT2D eigenvalue weighted by Gasteiger charge is 2.38. The van der Waals surface area contributed by atoms with Crippen LogP contribution in [0.5, 0.6) is 11.5 Å². The molecule has 4 atom stereocenters. The Morgan fingerprint density at radius 2 is 1.97 bits per heavy atom. The van der Waals surface area contributed by atoms with Crippen molar-refractivity contribution in [1.29, 1.82) is 0 Å². The van der Waals surface area contributed by atoms with Crippen LogP contribution in [0, 0.1) is 5.92 Å². The average Bonchev–Trinajstić information content (AvgIpc) is 3.27. The summed E-state index contributed by atoms with van der Waals surface area (Å²) in [5.41, 5.74) is 4.18. The predicted octanol–water partition coefficient (Wildman–Crippen LogP) is 5.06. The molecule has 1 amide bonds. The minimum atomic E-state index is -0.00677. The molecule has 5 heteroatoms. The second-order valence-electron chi connectivity index (χ2n) is 8.17. The minimum absolute atomic E-state index is 0.00677. The monoisotopic (exact) mass is 406 g/mol. The molecule has 2 aromatic carbocycles. The first kappa shape index (κ1) is 20.3. The lowest BCUT2D eigenvalue weighted by atomic mass is 9.76. The second-order valence-corrected chi connectivity index (χ2v) is 8.17. The lowest BCUT2D eigenvalue weighted by molar-refractivity contribution is 0.0939. The first-order chi connectivity index (χ1) is 14.5. The summed E-state index contributed by atoms with van der Waals surface area (Å²) in [6.45, 7) is 4.10. The number of ether oxygens (including phenoxy) is 2. The van der Waals surface area contributed by atoms with Crippen LogP contribution in [0.25, 0.3) is 0 Å². The van der Waals surface area contributed by atoms with Gasteiger partial charge in [-0.05, 0) is 67.1 Å². The molecule has 2 aliphatic rings. The lowest BCUT2D eigenvalue weighted by Gasteiger charge is -2.38. The van der Waals surface area contributed by atoms with E-state index in [1.54, 1.807) is 14.2 Å². The molecule has 158 valence electrons. The van der Waals surface area contributed by atoms with Gasteiger partial charge < -0.3 is 20.1 Å². The number of benzene rings is 2. The molecule has 0 bridgehead atoms. The van der Waals surface area contributed by atoms with Gasteiger partial charge in [-0.2, -0.15) is 0 Å². The molecule has 30 heavy (non-hydrogen) atoms. The molecule has 5 nitrogen and oxygen atoms in total. The maximum absolute atomic E-state index is 12.6. The summed E-state index contributed by atoms with van der Waals surface area (Å²) in [5.74, 6) is 2.14. The fourth-order valence-corrected chi connectivity index (χ4v) is 4.52. The Morgan fingerprint density at radius 3 is 2.70 bits per heavy atom. The number of methoxy groups -OCH3 is 2. The number of carbonyl (C=O) groups is 1. The first-order valence-electron chi connectivity index (χ1n) is 10.7.